The number of rotatable bonds is 3. The molecule has 2 atom stereocenters. The average molecular weight is 284 g/mol. The van der Waals surface area contributed by atoms with Crippen molar-refractivity contribution in [3.05, 3.63) is 47.5 Å². The lowest BCUT2D eigenvalue weighted by Crippen LogP contribution is -2.32. The predicted molar refractivity (Wildman–Crippen MR) is 82.1 cm³/mol. The zero-order chi connectivity index (χ0) is 14.8. The number of carbonyl (C=O) groups is 1. The minimum Gasteiger partial charge on any atom is -0.462 e. The van der Waals surface area contributed by atoms with Gasteiger partial charge in [-0.2, -0.15) is 0 Å². The second kappa shape index (κ2) is 5.86. The normalized spacial score (nSPS) is 22.3. The summed E-state index contributed by atoms with van der Waals surface area (Å²) < 4.78 is 5.33. The van der Waals surface area contributed by atoms with Gasteiger partial charge < -0.3 is 9.84 Å². The number of hydrogen-bond acceptors (Lipinski definition) is 3. The van der Waals surface area contributed by atoms with Gasteiger partial charge in [-0.1, -0.05) is 36.4 Å². The number of hydrogen-bond donors (Lipinski definition) is 1. The molecule has 1 fully saturated rings. The maximum atomic E-state index is 11.4. The first-order valence-electron chi connectivity index (χ1n) is 7.48. The molecule has 110 valence electrons. The molecule has 3 nitrogen and oxygen atoms in total. The maximum absolute atomic E-state index is 11.4. The van der Waals surface area contributed by atoms with Crippen LogP contribution in [0.1, 0.15) is 30.4 Å². The van der Waals surface area contributed by atoms with Crippen LogP contribution in [0.2, 0.25) is 0 Å². The third kappa shape index (κ3) is 3.08. The Balaban J connectivity index is 1.79. The number of cyclic esters (lactones) is 1. The SMILES string of the molecule is Cc1ccc2ccccc2c1CCC1CC(O)CC(=O)O1. The fourth-order valence-corrected chi connectivity index (χ4v) is 3.12. The van der Waals surface area contributed by atoms with E-state index in [-0.39, 0.29) is 18.5 Å². The molecular formula is C18H20O3. The van der Waals surface area contributed by atoms with Crippen molar-refractivity contribution in [2.75, 3.05) is 0 Å². The Hall–Kier alpha value is -1.87. The molecule has 0 aliphatic carbocycles. The van der Waals surface area contributed by atoms with E-state index in [9.17, 15) is 9.90 Å². The van der Waals surface area contributed by atoms with Crippen LogP contribution in [0, 0.1) is 6.92 Å². The molecule has 21 heavy (non-hydrogen) atoms. The van der Waals surface area contributed by atoms with Gasteiger partial charge in [0.2, 0.25) is 0 Å². The number of aliphatic hydroxyl groups excluding tert-OH is 1. The number of fused-ring (bicyclic) bond motifs is 1. The summed E-state index contributed by atoms with van der Waals surface area (Å²) in [7, 11) is 0. The number of esters is 1. The van der Waals surface area contributed by atoms with Crippen LogP contribution in [0.15, 0.2) is 36.4 Å². The fraction of sp³-hybridized carbons (Fsp3) is 0.389. The van der Waals surface area contributed by atoms with E-state index >= 15 is 0 Å². The largest absolute Gasteiger partial charge is 0.462 e. The minimum atomic E-state index is -0.551. The quantitative estimate of drug-likeness (QED) is 0.881. The molecule has 0 saturated carbocycles. The fourth-order valence-electron chi connectivity index (χ4n) is 3.12. The van der Waals surface area contributed by atoms with Gasteiger partial charge in [-0.25, -0.2) is 0 Å². The number of aryl methyl sites for hydroxylation is 2. The molecule has 0 amide bonds. The molecule has 0 bridgehead atoms. The van der Waals surface area contributed by atoms with Gasteiger partial charge in [0.25, 0.3) is 0 Å². The second-order valence-electron chi connectivity index (χ2n) is 5.83. The van der Waals surface area contributed by atoms with Gasteiger partial charge in [-0.05, 0) is 41.7 Å². The van der Waals surface area contributed by atoms with Crippen LogP contribution >= 0.6 is 0 Å². The van der Waals surface area contributed by atoms with Crippen LogP contribution in [0.25, 0.3) is 10.8 Å². The first-order valence-corrected chi connectivity index (χ1v) is 7.48. The molecule has 0 radical (unpaired) electrons. The number of carbonyl (C=O) groups excluding carboxylic acids is 1. The van der Waals surface area contributed by atoms with Crippen molar-refractivity contribution in [2.24, 2.45) is 0 Å². The maximum Gasteiger partial charge on any atom is 0.308 e. The van der Waals surface area contributed by atoms with Crippen LogP contribution in [0.3, 0.4) is 0 Å². The highest BCUT2D eigenvalue weighted by Crippen LogP contribution is 2.26. The first-order chi connectivity index (χ1) is 10.1. The molecule has 2 aromatic carbocycles. The summed E-state index contributed by atoms with van der Waals surface area (Å²) in [5.41, 5.74) is 2.57. The average Bonchev–Trinajstić information content (AvgIpc) is 2.45. The van der Waals surface area contributed by atoms with Gasteiger partial charge in [-0.3, -0.25) is 4.79 Å². The summed E-state index contributed by atoms with van der Waals surface area (Å²) in [6.07, 6.45) is 1.58. The van der Waals surface area contributed by atoms with E-state index in [1.807, 2.05) is 6.07 Å². The van der Waals surface area contributed by atoms with Crippen molar-refractivity contribution in [2.45, 2.75) is 44.8 Å². The zero-order valence-electron chi connectivity index (χ0n) is 12.2. The molecule has 0 spiro atoms. The predicted octanol–water partition coefficient (Wildman–Crippen LogP) is 3.15. The van der Waals surface area contributed by atoms with Crippen LogP contribution in [0.4, 0.5) is 0 Å². The summed E-state index contributed by atoms with van der Waals surface area (Å²) in [6, 6.07) is 12.6. The molecule has 1 saturated heterocycles. The summed E-state index contributed by atoms with van der Waals surface area (Å²) >= 11 is 0. The zero-order valence-corrected chi connectivity index (χ0v) is 12.2. The Morgan fingerprint density at radius 1 is 1.24 bits per heavy atom. The highest BCUT2D eigenvalue weighted by molar-refractivity contribution is 5.86. The van der Waals surface area contributed by atoms with Crippen LogP contribution < -0.4 is 0 Å². The Bertz CT molecular complexity index is 663. The first kappa shape index (κ1) is 14.1. The van der Waals surface area contributed by atoms with Crippen molar-refractivity contribution < 1.29 is 14.6 Å². The Morgan fingerprint density at radius 2 is 2.05 bits per heavy atom. The van der Waals surface area contributed by atoms with Crippen LogP contribution in [-0.4, -0.2) is 23.3 Å². The lowest BCUT2D eigenvalue weighted by Gasteiger charge is -2.26. The summed E-state index contributed by atoms with van der Waals surface area (Å²) in [4.78, 5) is 11.4. The molecule has 1 aliphatic heterocycles. The lowest BCUT2D eigenvalue weighted by molar-refractivity contribution is -0.160. The van der Waals surface area contributed by atoms with Gasteiger partial charge in [0.05, 0.1) is 12.5 Å². The van der Waals surface area contributed by atoms with E-state index in [1.54, 1.807) is 0 Å². The summed E-state index contributed by atoms with van der Waals surface area (Å²) in [5, 5.41) is 12.2. The molecule has 0 aromatic heterocycles. The standard InChI is InChI=1S/C18H20O3/c1-12-6-7-13-4-2-3-5-17(13)16(12)9-8-15-10-14(19)11-18(20)21-15/h2-7,14-15,19H,8-11H2,1H3. The van der Waals surface area contributed by atoms with Gasteiger partial charge in [0.1, 0.15) is 6.10 Å². The van der Waals surface area contributed by atoms with E-state index in [2.05, 4.69) is 37.3 Å². The van der Waals surface area contributed by atoms with Crippen LogP contribution in [-0.2, 0) is 16.0 Å². The van der Waals surface area contributed by atoms with E-state index in [4.69, 9.17) is 4.74 Å². The number of ether oxygens (including phenoxy) is 1. The van der Waals surface area contributed by atoms with E-state index < -0.39 is 6.10 Å². The molecular weight excluding hydrogens is 264 g/mol. The number of aliphatic hydroxyl groups is 1. The van der Waals surface area contributed by atoms with Gasteiger partial charge in [0.15, 0.2) is 0 Å². The van der Waals surface area contributed by atoms with E-state index in [0.717, 1.165) is 12.8 Å². The van der Waals surface area contributed by atoms with Crippen molar-refractivity contribution in [1.29, 1.82) is 0 Å². The van der Waals surface area contributed by atoms with Gasteiger partial charge in [0, 0.05) is 6.42 Å². The van der Waals surface area contributed by atoms with E-state index in [1.165, 1.54) is 21.9 Å². The smallest absolute Gasteiger partial charge is 0.308 e. The lowest BCUT2D eigenvalue weighted by atomic mass is 9.93. The second-order valence-corrected chi connectivity index (χ2v) is 5.83. The van der Waals surface area contributed by atoms with Gasteiger partial charge >= 0.3 is 5.97 Å². The van der Waals surface area contributed by atoms with Crippen molar-refractivity contribution in [1.82, 2.24) is 0 Å². The van der Waals surface area contributed by atoms with Crippen molar-refractivity contribution in [3.63, 3.8) is 0 Å². The third-order valence-corrected chi connectivity index (χ3v) is 4.23. The van der Waals surface area contributed by atoms with E-state index in [0.29, 0.717) is 6.42 Å². The molecule has 3 rings (SSSR count). The summed E-state index contributed by atoms with van der Waals surface area (Å²) in [6.45, 7) is 2.11. The Kier molecular flexibility index (Phi) is 3.93. The highest BCUT2D eigenvalue weighted by Gasteiger charge is 2.27. The Labute approximate surface area is 124 Å². The van der Waals surface area contributed by atoms with Crippen LogP contribution in [0.5, 0.6) is 0 Å². The van der Waals surface area contributed by atoms with Crippen molar-refractivity contribution in [3.8, 4) is 0 Å². The molecule has 2 aromatic rings. The van der Waals surface area contributed by atoms with Gasteiger partial charge in [-0.15, -0.1) is 0 Å². The topological polar surface area (TPSA) is 46.5 Å². The molecule has 1 N–H and O–H groups in total. The highest BCUT2D eigenvalue weighted by atomic mass is 16.5. The summed E-state index contributed by atoms with van der Waals surface area (Å²) in [5.74, 6) is -0.284. The molecule has 1 aliphatic rings. The molecule has 3 heteroatoms. The number of benzene rings is 2. The minimum absolute atomic E-state index is 0.129. The van der Waals surface area contributed by atoms with Crippen molar-refractivity contribution >= 4 is 16.7 Å². The molecule has 2 unspecified atom stereocenters. The Morgan fingerprint density at radius 3 is 2.86 bits per heavy atom. The molecule has 1 heterocycles. The third-order valence-electron chi connectivity index (χ3n) is 4.23. The monoisotopic (exact) mass is 284 g/mol.